The van der Waals surface area contributed by atoms with Crippen LogP contribution in [0.4, 0.5) is 0 Å². The molecule has 1 aromatic rings. The molecule has 0 radical (unpaired) electrons. The molecular formula is C13H19Cl2NOS. The zero-order valence-electron chi connectivity index (χ0n) is 10.9. The summed E-state index contributed by atoms with van der Waals surface area (Å²) in [5.74, 6) is 0. The van der Waals surface area contributed by atoms with Crippen LogP contribution in [0.3, 0.4) is 0 Å². The maximum absolute atomic E-state index is 11.2. The molecule has 1 aromatic carbocycles. The molecule has 0 aliphatic rings. The molecule has 0 aliphatic carbocycles. The lowest BCUT2D eigenvalue weighted by Crippen LogP contribution is -2.24. The Morgan fingerprint density at radius 2 is 2.00 bits per heavy atom. The Bertz CT molecular complexity index is 425. The van der Waals surface area contributed by atoms with E-state index in [2.05, 4.69) is 5.32 Å². The van der Waals surface area contributed by atoms with Crippen molar-refractivity contribution >= 4 is 34.0 Å². The number of hydrogen-bond donors (Lipinski definition) is 1. The van der Waals surface area contributed by atoms with Gasteiger partial charge in [0.15, 0.2) is 0 Å². The van der Waals surface area contributed by atoms with Crippen LogP contribution in [0.2, 0.25) is 10.0 Å². The molecule has 0 saturated heterocycles. The van der Waals surface area contributed by atoms with Crippen LogP contribution in [-0.2, 0) is 10.8 Å². The predicted octanol–water partition coefficient (Wildman–Crippen LogP) is 3.80. The van der Waals surface area contributed by atoms with Gasteiger partial charge in [0.25, 0.3) is 0 Å². The van der Waals surface area contributed by atoms with Crippen molar-refractivity contribution in [3.05, 3.63) is 33.8 Å². The highest BCUT2D eigenvalue weighted by molar-refractivity contribution is 7.84. The van der Waals surface area contributed by atoms with E-state index in [9.17, 15) is 4.21 Å². The second-order valence-corrected chi connectivity index (χ2v) is 7.00. The maximum Gasteiger partial charge on any atom is 0.0639 e. The van der Waals surface area contributed by atoms with Gasteiger partial charge in [-0.2, -0.15) is 0 Å². The Morgan fingerprint density at radius 1 is 1.33 bits per heavy atom. The first-order valence-corrected chi connectivity index (χ1v) is 8.30. The zero-order valence-corrected chi connectivity index (χ0v) is 13.2. The average Bonchev–Trinajstić information content (AvgIpc) is 2.32. The summed E-state index contributed by atoms with van der Waals surface area (Å²) in [7, 11) is -0.765. The molecule has 2 nitrogen and oxygen atoms in total. The fraction of sp³-hybridized carbons (Fsp3) is 0.538. The Labute approximate surface area is 122 Å². The van der Waals surface area contributed by atoms with Crippen molar-refractivity contribution in [2.24, 2.45) is 0 Å². The summed E-state index contributed by atoms with van der Waals surface area (Å²) in [5, 5.41) is 4.76. The van der Waals surface area contributed by atoms with E-state index in [1.165, 1.54) is 0 Å². The summed E-state index contributed by atoms with van der Waals surface area (Å²) in [6.45, 7) is 4.85. The van der Waals surface area contributed by atoms with Gasteiger partial charge in [0.1, 0.15) is 0 Å². The summed E-state index contributed by atoms with van der Waals surface area (Å²) < 4.78 is 11.2. The standard InChI is InChI=1S/C13H19Cl2NOS/c1-9(18(3)17)7-8-16-10(2)11-5-4-6-12(14)13(11)15/h4-6,9-10,16H,7-8H2,1-3H3. The van der Waals surface area contributed by atoms with Crippen LogP contribution in [0.25, 0.3) is 0 Å². The highest BCUT2D eigenvalue weighted by Crippen LogP contribution is 2.29. The number of rotatable bonds is 6. The summed E-state index contributed by atoms with van der Waals surface area (Å²) >= 11 is 12.1. The van der Waals surface area contributed by atoms with E-state index in [0.717, 1.165) is 18.5 Å². The number of benzene rings is 1. The molecule has 0 amide bonds. The van der Waals surface area contributed by atoms with E-state index in [1.807, 2.05) is 26.0 Å². The van der Waals surface area contributed by atoms with Crippen LogP contribution >= 0.6 is 23.2 Å². The summed E-state index contributed by atoms with van der Waals surface area (Å²) in [5.41, 5.74) is 0.995. The topological polar surface area (TPSA) is 29.1 Å². The quantitative estimate of drug-likeness (QED) is 0.866. The first-order chi connectivity index (χ1) is 8.43. The van der Waals surface area contributed by atoms with E-state index < -0.39 is 10.8 Å². The van der Waals surface area contributed by atoms with Crippen molar-refractivity contribution in [2.75, 3.05) is 12.8 Å². The highest BCUT2D eigenvalue weighted by atomic mass is 35.5. The fourth-order valence-electron chi connectivity index (χ4n) is 1.63. The molecule has 0 fully saturated rings. The molecule has 18 heavy (non-hydrogen) atoms. The van der Waals surface area contributed by atoms with Crippen molar-refractivity contribution in [2.45, 2.75) is 31.6 Å². The predicted molar refractivity (Wildman–Crippen MR) is 81.0 cm³/mol. The number of halogens is 2. The van der Waals surface area contributed by atoms with Gasteiger partial charge < -0.3 is 5.32 Å². The van der Waals surface area contributed by atoms with Gasteiger partial charge in [0.2, 0.25) is 0 Å². The first kappa shape index (κ1) is 16.0. The molecule has 1 N–H and O–H groups in total. The smallest absolute Gasteiger partial charge is 0.0639 e. The van der Waals surface area contributed by atoms with Crippen molar-refractivity contribution in [1.29, 1.82) is 0 Å². The second-order valence-electron chi connectivity index (χ2n) is 4.42. The highest BCUT2D eigenvalue weighted by Gasteiger charge is 2.12. The Hall–Kier alpha value is -0.0900. The van der Waals surface area contributed by atoms with Crippen molar-refractivity contribution in [3.63, 3.8) is 0 Å². The summed E-state index contributed by atoms with van der Waals surface area (Å²) in [6.07, 6.45) is 2.62. The monoisotopic (exact) mass is 307 g/mol. The van der Waals surface area contributed by atoms with Crippen LogP contribution in [0.1, 0.15) is 31.9 Å². The van der Waals surface area contributed by atoms with E-state index in [-0.39, 0.29) is 11.3 Å². The normalized spacial score (nSPS) is 16.3. The van der Waals surface area contributed by atoms with E-state index in [0.29, 0.717) is 10.0 Å². The van der Waals surface area contributed by atoms with Crippen molar-refractivity contribution in [3.8, 4) is 0 Å². The molecule has 0 bridgehead atoms. The fourth-order valence-corrected chi connectivity index (χ4v) is 2.56. The third kappa shape index (κ3) is 4.54. The molecule has 0 saturated carbocycles. The third-order valence-electron chi connectivity index (χ3n) is 3.02. The first-order valence-electron chi connectivity index (χ1n) is 5.93. The SMILES string of the molecule is CC(NCCC(C)S(C)=O)c1cccc(Cl)c1Cl. The van der Waals surface area contributed by atoms with Crippen LogP contribution in [-0.4, -0.2) is 22.3 Å². The second kappa shape index (κ2) is 7.49. The van der Waals surface area contributed by atoms with Gasteiger partial charge in [-0.05, 0) is 31.5 Å². The molecule has 0 aliphatic heterocycles. The summed E-state index contributed by atoms with van der Waals surface area (Å²) in [6, 6.07) is 5.77. The Kier molecular flexibility index (Phi) is 6.64. The van der Waals surface area contributed by atoms with Crippen molar-refractivity contribution < 1.29 is 4.21 Å². The lowest BCUT2D eigenvalue weighted by atomic mass is 10.1. The molecule has 5 heteroatoms. The minimum Gasteiger partial charge on any atom is -0.310 e. The van der Waals surface area contributed by atoms with Gasteiger partial charge in [-0.1, -0.05) is 42.3 Å². The van der Waals surface area contributed by atoms with Gasteiger partial charge in [-0.3, -0.25) is 4.21 Å². The van der Waals surface area contributed by atoms with Gasteiger partial charge in [0.05, 0.1) is 10.0 Å². The van der Waals surface area contributed by atoms with Gasteiger partial charge in [-0.25, -0.2) is 0 Å². The van der Waals surface area contributed by atoms with Crippen molar-refractivity contribution in [1.82, 2.24) is 5.32 Å². The molecule has 1 rings (SSSR count). The molecule has 0 aromatic heterocycles. The number of hydrogen-bond acceptors (Lipinski definition) is 2. The van der Waals surface area contributed by atoms with Crippen LogP contribution in [0.5, 0.6) is 0 Å². The van der Waals surface area contributed by atoms with Crippen LogP contribution in [0, 0.1) is 0 Å². The molecule has 3 atom stereocenters. The van der Waals surface area contributed by atoms with E-state index in [1.54, 1.807) is 12.3 Å². The third-order valence-corrected chi connectivity index (χ3v) is 5.22. The van der Waals surface area contributed by atoms with Gasteiger partial charge >= 0.3 is 0 Å². The van der Waals surface area contributed by atoms with Gasteiger partial charge in [0, 0.05) is 28.3 Å². The summed E-state index contributed by atoms with van der Waals surface area (Å²) in [4.78, 5) is 0. The molecule has 3 unspecified atom stereocenters. The van der Waals surface area contributed by atoms with Crippen LogP contribution < -0.4 is 5.32 Å². The largest absolute Gasteiger partial charge is 0.310 e. The maximum atomic E-state index is 11.2. The van der Waals surface area contributed by atoms with E-state index in [4.69, 9.17) is 23.2 Å². The number of nitrogens with one attached hydrogen (secondary N) is 1. The molecule has 0 spiro atoms. The zero-order chi connectivity index (χ0) is 13.7. The molecule has 0 heterocycles. The Balaban J connectivity index is 2.53. The lowest BCUT2D eigenvalue weighted by Gasteiger charge is -2.17. The van der Waals surface area contributed by atoms with Crippen LogP contribution in [0.15, 0.2) is 18.2 Å². The van der Waals surface area contributed by atoms with Gasteiger partial charge in [-0.15, -0.1) is 0 Å². The minimum atomic E-state index is -0.765. The average molecular weight is 308 g/mol. The minimum absolute atomic E-state index is 0.133. The molecular weight excluding hydrogens is 289 g/mol. The Morgan fingerprint density at radius 3 is 2.61 bits per heavy atom. The lowest BCUT2D eigenvalue weighted by molar-refractivity contribution is 0.554. The van der Waals surface area contributed by atoms with E-state index >= 15 is 0 Å². The molecule has 102 valence electrons.